The van der Waals surface area contributed by atoms with Crippen LogP contribution in [0.1, 0.15) is 28.4 Å². The van der Waals surface area contributed by atoms with Crippen molar-refractivity contribution in [3.63, 3.8) is 0 Å². The average Bonchev–Trinajstić information content (AvgIpc) is 3.48. The largest absolute Gasteiger partial charge is 0.579 e. The number of fused-ring (bicyclic) bond motifs is 2. The van der Waals surface area contributed by atoms with Gasteiger partial charge in [-0.2, -0.15) is 4.39 Å². The number of alkyl halides is 1. The van der Waals surface area contributed by atoms with Crippen molar-refractivity contribution in [2.24, 2.45) is 0 Å². The predicted molar refractivity (Wildman–Crippen MR) is 135 cm³/mol. The molecule has 2 nitrogen and oxygen atoms in total. The fourth-order valence-electron chi connectivity index (χ4n) is 5.48. The van der Waals surface area contributed by atoms with Crippen LogP contribution in [0.4, 0.5) is 83.4 Å². The maximum Gasteiger partial charge on any atom is 0.579 e. The zero-order valence-electron chi connectivity index (χ0n) is 23.9. The smallest absolute Gasteiger partial charge is 0.531 e. The molecule has 0 saturated heterocycles. The normalized spacial score (nSPS) is 18.1. The number of rotatable bonds is 6. The Balaban J connectivity index is 1.70. The SMILES string of the molecule is FC1=C(F)C(OB(Oc2c(F)c(F)c(F)c(F)c2-c2c(F)c(F)c(F)c(F)c2F)C2(F)C(F)=C(F)c3c(F)c(F)c(F)c(F)c32)c2cccc(F)c21. The minimum absolute atomic E-state index is 0.467. The van der Waals surface area contributed by atoms with Crippen molar-refractivity contribution in [2.45, 2.75) is 11.7 Å². The summed E-state index contributed by atoms with van der Waals surface area (Å²) in [7, 11) is -4.32. The lowest BCUT2D eigenvalue weighted by Gasteiger charge is -2.30. The van der Waals surface area contributed by atoms with Gasteiger partial charge >= 0.3 is 7.12 Å². The first-order valence-electron chi connectivity index (χ1n) is 13.4. The second kappa shape index (κ2) is 12.2. The Morgan fingerprint density at radius 3 is 1.50 bits per heavy atom. The van der Waals surface area contributed by atoms with Crippen LogP contribution < -0.4 is 4.65 Å². The highest BCUT2D eigenvalue weighted by Crippen LogP contribution is 2.56. The van der Waals surface area contributed by atoms with E-state index in [0.717, 1.165) is 0 Å². The number of allylic oxidation sites excluding steroid dienone is 1. The molecule has 52 heavy (non-hydrogen) atoms. The summed E-state index contributed by atoms with van der Waals surface area (Å²) in [4.78, 5) is 0. The monoisotopic (exact) mass is 768 g/mol. The van der Waals surface area contributed by atoms with Crippen LogP contribution in [0.15, 0.2) is 29.9 Å². The Kier molecular flexibility index (Phi) is 8.62. The van der Waals surface area contributed by atoms with E-state index in [4.69, 9.17) is 4.65 Å². The molecule has 4 aromatic rings. The molecular weight excluding hydrogens is 764 g/mol. The molecule has 2 unspecified atom stereocenters. The summed E-state index contributed by atoms with van der Waals surface area (Å²) in [5, 5.41) is 0. The van der Waals surface area contributed by atoms with Crippen LogP contribution in [0, 0.1) is 81.4 Å². The second-order valence-corrected chi connectivity index (χ2v) is 10.6. The van der Waals surface area contributed by atoms with Crippen molar-refractivity contribution in [3.05, 3.63) is 134 Å². The Labute approximate surface area is 274 Å². The predicted octanol–water partition coefficient (Wildman–Crippen LogP) is 10.6. The first-order chi connectivity index (χ1) is 24.2. The quantitative estimate of drug-likeness (QED) is 0.0842. The summed E-state index contributed by atoms with van der Waals surface area (Å²) in [6.45, 7) is 0. The Morgan fingerprint density at radius 2 is 0.942 bits per heavy atom. The van der Waals surface area contributed by atoms with E-state index in [-0.39, 0.29) is 0 Å². The fraction of sp³-hybridized carbons (Fsp3) is 0.0667. The zero-order chi connectivity index (χ0) is 38.6. The molecule has 0 amide bonds. The number of hydrogen-bond donors (Lipinski definition) is 0. The Morgan fingerprint density at radius 1 is 0.481 bits per heavy atom. The number of hydrogen-bond acceptors (Lipinski definition) is 2. The van der Waals surface area contributed by atoms with E-state index in [0.29, 0.717) is 18.2 Å². The topological polar surface area (TPSA) is 18.5 Å². The highest BCUT2D eigenvalue weighted by atomic mass is 19.2. The van der Waals surface area contributed by atoms with Crippen molar-refractivity contribution < 1.29 is 92.7 Å². The summed E-state index contributed by atoms with van der Waals surface area (Å²) in [5.41, 5.74) is -18.7. The van der Waals surface area contributed by atoms with Crippen LogP contribution >= 0.6 is 0 Å². The number of benzene rings is 4. The summed E-state index contributed by atoms with van der Waals surface area (Å²) < 4.78 is 290. The molecule has 0 heterocycles. The van der Waals surface area contributed by atoms with Gasteiger partial charge in [-0.1, -0.05) is 12.1 Å². The average molecular weight is 768 g/mol. The van der Waals surface area contributed by atoms with Gasteiger partial charge in [0, 0.05) is 5.56 Å². The van der Waals surface area contributed by atoms with Gasteiger partial charge in [0.2, 0.25) is 23.0 Å². The molecule has 0 radical (unpaired) electrons. The van der Waals surface area contributed by atoms with Crippen LogP contribution in [-0.2, 0) is 10.2 Å². The molecule has 2 atom stereocenters. The molecule has 0 fully saturated rings. The lowest BCUT2D eigenvalue weighted by atomic mass is 9.64. The minimum Gasteiger partial charge on any atom is -0.531 e. The molecule has 0 aliphatic heterocycles. The van der Waals surface area contributed by atoms with E-state index < -0.39 is 163 Å². The van der Waals surface area contributed by atoms with Gasteiger partial charge in [0.05, 0.1) is 22.3 Å². The fourth-order valence-corrected chi connectivity index (χ4v) is 5.48. The number of halogens is 19. The van der Waals surface area contributed by atoms with Crippen LogP contribution in [0.5, 0.6) is 5.75 Å². The van der Waals surface area contributed by atoms with Gasteiger partial charge in [-0.05, 0) is 11.6 Å². The van der Waals surface area contributed by atoms with E-state index in [1.54, 1.807) is 0 Å². The van der Waals surface area contributed by atoms with Crippen LogP contribution in [0.2, 0.25) is 0 Å². The van der Waals surface area contributed by atoms with Crippen LogP contribution in [0.3, 0.4) is 0 Å². The van der Waals surface area contributed by atoms with Gasteiger partial charge in [0.25, 0.3) is 0 Å². The van der Waals surface area contributed by atoms with Gasteiger partial charge < -0.3 is 9.31 Å². The molecule has 2 aliphatic rings. The van der Waals surface area contributed by atoms with E-state index in [2.05, 4.69) is 4.65 Å². The highest BCUT2D eigenvalue weighted by molar-refractivity contribution is 6.51. The van der Waals surface area contributed by atoms with Crippen molar-refractivity contribution >= 4 is 18.8 Å². The molecule has 0 saturated carbocycles. The van der Waals surface area contributed by atoms with Crippen molar-refractivity contribution in [2.75, 3.05) is 0 Å². The minimum atomic E-state index is -5.40. The van der Waals surface area contributed by atoms with Crippen molar-refractivity contribution in [1.29, 1.82) is 0 Å². The maximum atomic E-state index is 17.0. The molecule has 0 aromatic heterocycles. The third kappa shape index (κ3) is 4.74. The summed E-state index contributed by atoms with van der Waals surface area (Å²) >= 11 is 0. The van der Waals surface area contributed by atoms with Crippen molar-refractivity contribution in [3.8, 4) is 16.9 Å². The van der Waals surface area contributed by atoms with E-state index in [1.807, 2.05) is 0 Å². The molecule has 4 aromatic carbocycles. The standard InChI is InChI=1S/C30H4BF19O2/c32-5-3-1-2-4-6(5)11(33)25(47)27(4)51-31(30(50)10-9(16(38)29(30)49)15(37)21(43)22(44)17(10)39)52-28-8(14(36)20(42)24(46)26(28)48)7-12(34)18(40)23(45)19(41)13(7)35/h1-3,27H. The molecule has 2 aliphatic carbocycles. The molecule has 0 bridgehead atoms. The Bertz CT molecular complexity index is 2310. The van der Waals surface area contributed by atoms with Gasteiger partial charge in [-0.25, -0.2) is 79.0 Å². The summed E-state index contributed by atoms with van der Waals surface area (Å²) in [6.07, 6.45) is -3.11. The lowest BCUT2D eigenvalue weighted by Crippen LogP contribution is -2.48. The van der Waals surface area contributed by atoms with Crippen molar-refractivity contribution in [1.82, 2.24) is 0 Å². The van der Waals surface area contributed by atoms with E-state index >= 15 is 30.7 Å². The Hall–Kier alpha value is -5.15. The summed E-state index contributed by atoms with van der Waals surface area (Å²) in [5.74, 6) is -55.5. The highest BCUT2D eigenvalue weighted by Gasteiger charge is 2.65. The van der Waals surface area contributed by atoms with Crippen LogP contribution in [0.25, 0.3) is 22.8 Å². The summed E-state index contributed by atoms with van der Waals surface area (Å²) in [6, 6.07) is 1.66. The first kappa shape index (κ1) is 36.6. The third-order valence-electron chi connectivity index (χ3n) is 7.84. The van der Waals surface area contributed by atoms with E-state index in [1.165, 1.54) is 0 Å². The van der Waals surface area contributed by atoms with Crippen LogP contribution in [-0.4, -0.2) is 7.12 Å². The third-order valence-corrected chi connectivity index (χ3v) is 7.84. The zero-order valence-corrected chi connectivity index (χ0v) is 23.9. The molecular formula is C30H4BF19O2. The molecule has 6 rings (SSSR count). The lowest BCUT2D eigenvalue weighted by molar-refractivity contribution is 0.123. The van der Waals surface area contributed by atoms with E-state index in [9.17, 15) is 52.7 Å². The van der Waals surface area contributed by atoms with Gasteiger partial charge in [0.15, 0.2) is 87.2 Å². The van der Waals surface area contributed by atoms with Gasteiger partial charge in [-0.15, -0.1) is 0 Å². The van der Waals surface area contributed by atoms with Gasteiger partial charge in [-0.3, -0.25) is 0 Å². The molecule has 22 heteroatoms. The molecule has 0 N–H and O–H groups in total. The second-order valence-electron chi connectivity index (χ2n) is 10.6. The first-order valence-corrected chi connectivity index (χ1v) is 13.4. The maximum absolute atomic E-state index is 17.0. The van der Waals surface area contributed by atoms with Gasteiger partial charge in [0.1, 0.15) is 11.9 Å². The molecule has 272 valence electrons. The molecule has 0 spiro atoms.